The maximum atomic E-state index is 5.34. The fourth-order valence-electron chi connectivity index (χ4n) is 1.40. The van der Waals surface area contributed by atoms with Gasteiger partial charge < -0.3 is 0 Å². The Morgan fingerprint density at radius 1 is 0.889 bits per heavy atom. The van der Waals surface area contributed by atoms with Gasteiger partial charge in [0, 0.05) is 24.8 Å². The Labute approximate surface area is 101 Å². The molecule has 0 amide bonds. The maximum absolute atomic E-state index is 5.34. The van der Waals surface area contributed by atoms with Gasteiger partial charge in [0.2, 0.25) is 17.8 Å². The Balaban J connectivity index is 2.13. The van der Waals surface area contributed by atoms with E-state index in [0.717, 1.165) is 0 Å². The first-order chi connectivity index (χ1) is 8.86. The number of imidazole rings is 2. The van der Waals surface area contributed by atoms with Crippen LogP contribution in [-0.4, -0.2) is 34.1 Å². The molecule has 0 atom stereocenters. The van der Waals surface area contributed by atoms with Crippen molar-refractivity contribution in [3.63, 3.8) is 0 Å². The van der Waals surface area contributed by atoms with Gasteiger partial charge in [-0.1, -0.05) is 0 Å². The van der Waals surface area contributed by atoms with Crippen LogP contribution < -0.4 is 11.3 Å². The predicted molar refractivity (Wildman–Crippen MR) is 61.9 cm³/mol. The summed E-state index contributed by atoms with van der Waals surface area (Å²) < 4.78 is 3.31. The molecule has 0 fully saturated rings. The molecule has 3 heterocycles. The SMILES string of the molecule is NNc1nc(-n2ccnc2)nc(-n2ccnc2)n1. The summed E-state index contributed by atoms with van der Waals surface area (Å²) in [5.41, 5.74) is 2.40. The normalized spacial score (nSPS) is 10.5. The van der Waals surface area contributed by atoms with Crippen molar-refractivity contribution in [2.45, 2.75) is 0 Å². The van der Waals surface area contributed by atoms with Gasteiger partial charge in [-0.05, 0) is 0 Å². The van der Waals surface area contributed by atoms with E-state index in [1.54, 1.807) is 46.6 Å². The van der Waals surface area contributed by atoms with E-state index in [9.17, 15) is 0 Å². The van der Waals surface area contributed by atoms with Crippen LogP contribution in [0.15, 0.2) is 37.4 Å². The third-order valence-electron chi connectivity index (χ3n) is 2.21. The summed E-state index contributed by atoms with van der Waals surface area (Å²) in [6.45, 7) is 0. The third kappa shape index (κ3) is 1.78. The lowest BCUT2D eigenvalue weighted by Crippen LogP contribution is -2.15. The molecular weight excluding hydrogens is 234 g/mol. The average molecular weight is 243 g/mol. The number of rotatable bonds is 3. The molecule has 3 aromatic rings. The Morgan fingerprint density at radius 2 is 1.44 bits per heavy atom. The van der Waals surface area contributed by atoms with Gasteiger partial charge in [-0.15, -0.1) is 0 Å². The Bertz CT molecular complexity index is 576. The molecule has 0 unspecified atom stereocenters. The smallest absolute Gasteiger partial charge is 0.243 e. The first-order valence-electron chi connectivity index (χ1n) is 5.06. The molecule has 0 spiro atoms. The summed E-state index contributed by atoms with van der Waals surface area (Å²) in [5.74, 6) is 6.44. The first kappa shape index (κ1) is 10.4. The van der Waals surface area contributed by atoms with Crippen LogP contribution in [0.3, 0.4) is 0 Å². The van der Waals surface area contributed by atoms with Crippen molar-refractivity contribution in [2.24, 2.45) is 5.84 Å². The summed E-state index contributed by atoms with van der Waals surface area (Å²) >= 11 is 0. The molecule has 3 rings (SSSR count). The molecule has 0 aliphatic heterocycles. The summed E-state index contributed by atoms with van der Waals surface area (Å²) in [5, 5.41) is 0. The van der Waals surface area contributed by atoms with E-state index in [1.165, 1.54) is 0 Å². The molecule has 9 nitrogen and oxygen atoms in total. The highest BCUT2D eigenvalue weighted by Gasteiger charge is 2.08. The van der Waals surface area contributed by atoms with Crippen molar-refractivity contribution in [2.75, 3.05) is 5.43 Å². The van der Waals surface area contributed by atoms with E-state index in [2.05, 4.69) is 30.3 Å². The lowest BCUT2D eigenvalue weighted by Gasteiger charge is -2.06. The number of nitrogens with zero attached hydrogens (tertiary/aromatic N) is 7. The van der Waals surface area contributed by atoms with Crippen molar-refractivity contribution in [3.8, 4) is 11.9 Å². The van der Waals surface area contributed by atoms with Gasteiger partial charge in [-0.25, -0.2) is 15.8 Å². The quantitative estimate of drug-likeness (QED) is 0.472. The standard InChI is InChI=1S/C9H9N9/c10-16-7-13-8(17-3-1-11-5-17)15-9(14-7)18-4-2-12-6-18/h1-6H,10H2,(H,13,14,15,16). The monoisotopic (exact) mass is 243 g/mol. The predicted octanol–water partition coefficient (Wildman–Crippen LogP) is -0.471. The number of hydrogen-bond donors (Lipinski definition) is 2. The van der Waals surface area contributed by atoms with Gasteiger partial charge in [-0.3, -0.25) is 14.6 Å². The number of hydrazine groups is 1. The molecule has 0 aliphatic carbocycles. The molecule has 90 valence electrons. The topological polar surface area (TPSA) is 112 Å². The Hall–Kier alpha value is -2.81. The van der Waals surface area contributed by atoms with Crippen molar-refractivity contribution < 1.29 is 0 Å². The zero-order chi connectivity index (χ0) is 12.4. The minimum absolute atomic E-state index is 0.261. The lowest BCUT2D eigenvalue weighted by atomic mass is 10.7. The molecule has 0 saturated carbocycles. The van der Waals surface area contributed by atoms with Gasteiger partial charge in [-0.2, -0.15) is 15.0 Å². The van der Waals surface area contributed by atoms with Crippen LogP contribution in [0.4, 0.5) is 5.95 Å². The van der Waals surface area contributed by atoms with Crippen LogP contribution in [-0.2, 0) is 0 Å². The maximum Gasteiger partial charge on any atom is 0.243 e. The minimum Gasteiger partial charge on any atom is -0.292 e. The average Bonchev–Trinajstić information content (AvgIpc) is 3.10. The fourth-order valence-corrected chi connectivity index (χ4v) is 1.40. The molecule has 0 bridgehead atoms. The van der Waals surface area contributed by atoms with Crippen LogP contribution in [0.5, 0.6) is 0 Å². The number of nitrogens with two attached hydrogens (primary N) is 1. The zero-order valence-corrected chi connectivity index (χ0v) is 9.17. The van der Waals surface area contributed by atoms with Gasteiger partial charge in [0.15, 0.2) is 0 Å². The Kier molecular flexibility index (Phi) is 2.43. The van der Waals surface area contributed by atoms with E-state index >= 15 is 0 Å². The summed E-state index contributed by atoms with van der Waals surface area (Å²) in [7, 11) is 0. The van der Waals surface area contributed by atoms with Crippen LogP contribution in [0.1, 0.15) is 0 Å². The summed E-state index contributed by atoms with van der Waals surface area (Å²) in [4.78, 5) is 20.4. The third-order valence-corrected chi connectivity index (χ3v) is 2.21. The van der Waals surface area contributed by atoms with Crippen molar-refractivity contribution >= 4 is 5.95 Å². The molecule has 0 aromatic carbocycles. The highest BCUT2D eigenvalue weighted by atomic mass is 15.4. The number of nitrogen functional groups attached to an aromatic ring is 1. The largest absolute Gasteiger partial charge is 0.292 e. The van der Waals surface area contributed by atoms with Gasteiger partial charge in [0.25, 0.3) is 0 Å². The van der Waals surface area contributed by atoms with E-state index < -0.39 is 0 Å². The highest BCUT2D eigenvalue weighted by molar-refractivity contribution is 5.31. The highest BCUT2D eigenvalue weighted by Crippen LogP contribution is 2.08. The van der Waals surface area contributed by atoms with Gasteiger partial charge >= 0.3 is 0 Å². The van der Waals surface area contributed by atoms with E-state index in [0.29, 0.717) is 11.9 Å². The van der Waals surface area contributed by atoms with Crippen LogP contribution in [0, 0.1) is 0 Å². The second kappa shape index (κ2) is 4.22. The molecule has 0 saturated heterocycles. The number of nitrogens with one attached hydrogen (secondary N) is 1. The van der Waals surface area contributed by atoms with Crippen LogP contribution in [0.25, 0.3) is 11.9 Å². The minimum atomic E-state index is 0.261. The second-order valence-electron chi connectivity index (χ2n) is 3.34. The van der Waals surface area contributed by atoms with Gasteiger partial charge in [0.05, 0.1) is 0 Å². The molecule has 0 aliphatic rings. The summed E-state index contributed by atoms with van der Waals surface area (Å²) in [6, 6.07) is 0. The van der Waals surface area contributed by atoms with E-state index in [1.807, 2.05) is 0 Å². The Morgan fingerprint density at radius 3 is 1.83 bits per heavy atom. The molecule has 3 N–H and O–H groups in total. The first-order valence-corrected chi connectivity index (χ1v) is 5.06. The molecular formula is C9H9N9. The van der Waals surface area contributed by atoms with E-state index in [4.69, 9.17) is 5.84 Å². The lowest BCUT2D eigenvalue weighted by molar-refractivity contribution is 0.838. The van der Waals surface area contributed by atoms with Gasteiger partial charge in [0.1, 0.15) is 12.7 Å². The molecule has 0 radical (unpaired) electrons. The zero-order valence-electron chi connectivity index (χ0n) is 9.17. The fraction of sp³-hybridized carbons (Fsp3) is 0. The van der Waals surface area contributed by atoms with Crippen molar-refractivity contribution in [3.05, 3.63) is 37.4 Å². The van der Waals surface area contributed by atoms with Crippen LogP contribution in [0.2, 0.25) is 0 Å². The molecule has 3 aromatic heterocycles. The number of aromatic nitrogens is 7. The van der Waals surface area contributed by atoms with E-state index in [-0.39, 0.29) is 5.95 Å². The second-order valence-corrected chi connectivity index (χ2v) is 3.34. The molecule has 9 heteroatoms. The van der Waals surface area contributed by atoms with Crippen LogP contribution >= 0.6 is 0 Å². The number of anilines is 1. The molecule has 18 heavy (non-hydrogen) atoms. The van der Waals surface area contributed by atoms with Crippen molar-refractivity contribution in [1.29, 1.82) is 0 Å². The van der Waals surface area contributed by atoms with Crippen molar-refractivity contribution in [1.82, 2.24) is 34.1 Å². The number of hydrogen-bond acceptors (Lipinski definition) is 7. The summed E-state index contributed by atoms with van der Waals surface area (Å²) in [6.07, 6.45) is 9.91.